The van der Waals surface area contributed by atoms with Gasteiger partial charge in [-0.3, -0.25) is 9.78 Å². The van der Waals surface area contributed by atoms with Gasteiger partial charge in [0.05, 0.1) is 17.1 Å². The molecule has 2 saturated heterocycles. The molecule has 1 atom stereocenters. The Balaban J connectivity index is 1.27. The molecule has 166 valence electrons. The summed E-state index contributed by atoms with van der Waals surface area (Å²) in [4.78, 5) is 16.6. The van der Waals surface area contributed by atoms with Crippen LogP contribution in [-0.4, -0.2) is 48.9 Å². The zero-order chi connectivity index (χ0) is 22.1. The highest BCUT2D eigenvalue weighted by Crippen LogP contribution is 2.41. The summed E-state index contributed by atoms with van der Waals surface area (Å²) in [5.74, 6) is 0.443. The predicted molar refractivity (Wildman–Crippen MR) is 117 cm³/mol. The van der Waals surface area contributed by atoms with E-state index in [0.717, 1.165) is 11.1 Å². The smallest absolute Gasteiger partial charge is 0.243 e. The number of aromatic nitrogens is 1. The molecule has 0 radical (unpaired) electrons. The molecule has 0 bridgehead atoms. The average Bonchev–Trinajstić information content (AvgIpc) is 3.16. The fourth-order valence-corrected chi connectivity index (χ4v) is 5.85. The van der Waals surface area contributed by atoms with Crippen molar-refractivity contribution in [2.45, 2.75) is 49.6 Å². The Morgan fingerprint density at radius 1 is 1.19 bits per heavy atom. The molecule has 4 rings (SSSR count). The monoisotopic (exact) mass is 443 g/mol. The molecule has 1 aromatic heterocycles. The van der Waals surface area contributed by atoms with E-state index in [9.17, 15) is 13.2 Å². The standard InChI is InChI=1S/C23H29N3O4S/c1-17(2)20-3-5-21(6-4-20)31(28,29)26-15-23(16-26)12-19(14-30-23)11-22(27)25-13-18-7-9-24-10-8-18/h3-10,17,19H,11-16H2,1-2H3,(H,25,27). The zero-order valence-corrected chi connectivity index (χ0v) is 18.8. The van der Waals surface area contributed by atoms with Crippen molar-refractivity contribution in [1.82, 2.24) is 14.6 Å². The zero-order valence-electron chi connectivity index (χ0n) is 18.0. The number of pyridine rings is 1. The lowest BCUT2D eigenvalue weighted by Crippen LogP contribution is -2.63. The molecular formula is C23H29N3O4S. The second-order valence-electron chi connectivity index (χ2n) is 8.90. The van der Waals surface area contributed by atoms with Gasteiger partial charge in [-0.05, 0) is 53.6 Å². The van der Waals surface area contributed by atoms with Gasteiger partial charge in [0.1, 0.15) is 0 Å². The highest BCUT2D eigenvalue weighted by atomic mass is 32.2. The van der Waals surface area contributed by atoms with E-state index in [0.29, 0.717) is 49.9 Å². The lowest BCUT2D eigenvalue weighted by Gasteiger charge is -2.46. The number of hydrogen-bond donors (Lipinski definition) is 1. The molecule has 1 amide bonds. The van der Waals surface area contributed by atoms with Crippen LogP contribution in [0.1, 0.15) is 43.7 Å². The maximum atomic E-state index is 12.9. The third-order valence-corrected chi connectivity index (χ3v) is 7.92. The normalized spacial score (nSPS) is 20.7. The minimum Gasteiger partial charge on any atom is -0.372 e. The van der Waals surface area contributed by atoms with Gasteiger partial charge in [0.25, 0.3) is 0 Å². The fraction of sp³-hybridized carbons (Fsp3) is 0.478. The number of nitrogens with one attached hydrogen (secondary N) is 1. The minimum atomic E-state index is -3.52. The van der Waals surface area contributed by atoms with Gasteiger partial charge in [-0.1, -0.05) is 26.0 Å². The van der Waals surface area contributed by atoms with Gasteiger partial charge in [-0.25, -0.2) is 8.42 Å². The second kappa shape index (κ2) is 8.68. The molecule has 2 aliphatic heterocycles. The number of carbonyl (C=O) groups excluding carboxylic acids is 1. The van der Waals surface area contributed by atoms with Crippen molar-refractivity contribution in [3.05, 3.63) is 59.9 Å². The predicted octanol–water partition coefficient (Wildman–Crippen LogP) is 2.69. The Labute approximate surface area is 183 Å². The van der Waals surface area contributed by atoms with Crippen molar-refractivity contribution in [3.63, 3.8) is 0 Å². The van der Waals surface area contributed by atoms with Gasteiger partial charge < -0.3 is 10.1 Å². The van der Waals surface area contributed by atoms with Crippen LogP contribution in [0.5, 0.6) is 0 Å². The third-order valence-electron chi connectivity index (χ3n) is 6.11. The van der Waals surface area contributed by atoms with Crippen LogP contribution in [-0.2, 0) is 26.1 Å². The van der Waals surface area contributed by atoms with Crippen LogP contribution in [0.15, 0.2) is 53.7 Å². The van der Waals surface area contributed by atoms with Crippen molar-refractivity contribution in [1.29, 1.82) is 0 Å². The van der Waals surface area contributed by atoms with Crippen molar-refractivity contribution < 1.29 is 17.9 Å². The van der Waals surface area contributed by atoms with Crippen molar-refractivity contribution in [2.75, 3.05) is 19.7 Å². The molecular weight excluding hydrogens is 414 g/mol. The topological polar surface area (TPSA) is 88.6 Å². The summed E-state index contributed by atoms with van der Waals surface area (Å²) in [6.45, 7) is 5.81. The van der Waals surface area contributed by atoms with Crippen LogP contribution in [0, 0.1) is 5.92 Å². The summed E-state index contributed by atoms with van der Waals surface area (Å²) in [5.41, 5.74) is 1.66. The fourth-order valence-electron chi connectivity index (χ4n) is 4.27. The molecule has 8 heteroatoms. The van der Waals surface area contributed by atoms with E-state index < -0.39 is 15.6 Å². The van der Waals surface area contributed by atoms with Gasteiger partial charge in [-0.15, -0.1) is 0 Å². The maximum absolute atomic E-state index is 12.9. The molecule has 2 aromatic rings. The molecule has 0 saturated carbocycles. The number of ether oxygens (including phenoxy) is 1. The van der Waals surface area contributed by atoms with Crippen LogP contribution in [0.2, 0.25) is 0 Å². The van der Waals surface area contributed by atoms with E-state index in [-0.39, 0.29) is 11.8 Å². The van der Waals surface area contributed by atoms with Crippen molar-refractivity contribution >= 4 is 15.9 Å². The molecule has 1 unspecified atom stereocenters. The van der Waals surface area contributed by atoms with E-state index in [1.54, 1.807) is 24.5 Å². The Bertz CT molecular complexity index is 1020. The molecule has 1 N–H and O–H groups in total. The third kappa shape index (κ3) is 4.81. The van der Waals surface area contributed by atoms with Crippen LogP contribution in [0.25, 0.3) is 0 Å². The largest absolute Gasteiger partial charge is 0.372 e. The Kier molecular flexibility index (Phi) is 6.14. The van der Waals surface area contributed by atoms with Gasteiger partial charge in [0.2, 0.25) is 15.9 Å². The Hall–Kier alpha value is -2.29. The quantitative estimate of drug-likeness (QED) is 0.711. The van der Waals surface area contributed by atoms with Gasteiger partial charge >= 0.3 is 0 Å². The lowest BCUT2D eigenvalue weighted by molar-refractivity contribution is -0.122. The molecule has 1 spiro atoms. The molecule has 3 heterocycles. The highest BCUT2D eigenvalue weighted by molar-refractivity contribution is 7.89. The number of hydrogen-bond acceptors (Lipinski definition) is 5. The first-order chi connectivity index (χ1) is 14.8. The SMILES string of the molecule is CC(C)c1ccc(S(=O)(=O)N2CC3(CC(CC(=O)NCc4ccncc4)CO3)C2)cc1. The van der Waals surface area contributed by atoms with E-state index in [4.69, 9.17) is 4.74 Å². The summed E-state index contributed by atoms with van der Waals surface area (Å²) in [6, 6.07) is 10.9. The molecule has 7 nitrogen and oxygen atoms in total. The van der Waals surface area contributed by atoms with Crippen LogP contribution in [0.4, 0.5) is 0 Å². The number of benzene rings is 1. The first-order valence-corrected chi connectivity index (χ1v) is 12.1. The van der Waals surface area contributed by atoms with Crippen LogP contribution >= 0.6 is 0 Å². The van der Waals surface area contributed by atoms with E-state index in [1.807, 2.05) is 24.3 Å². The highest BCUT2D eigenvalue weighted by Gasteiger charge is 2.53. The number of nitrogens with zero attached hydrogens (tertiary/aromatic N) is 2. The Morgan fingerprint density at radius 2 is 1.87 bits per heavy atom. The molecule has 2 fully saturated rings. The van der Waals surface area contributed by atoms with Crippen LogP contribution < -0.4 is 5.32 Å². The number of amides is 1. The number of sulfonamides is 1. The summed E-state index contributed by atoms with van der Waals surface area (Å²) in [7, 11) is -3.52. The second-order valence-corrected chi connectivity index (χ2v) is 10.8. The van der Waals surface area contributed by atoms with E-state index in [2.05, 4.69) is 24.1 Å². The van der Waals surface area contributed by atoms with Crippen molar-refractivity contribution in [3.8, 4) is 0 Å². The molecule has 2 aliphatic rings. The maximum Gasteiger partial charge on any atom is 0.243 e. The van der Waals surface area contributed by atoms with Crippen LogP contribution in [0.3, 0.4) is 0 Å². The van der Waals surface area contributed by atoms with Gasteiger partial charge in [0, 0.05) is 38.4 Å². The summed E-state index contributed by atoms with van der Waals surface area (Å²) >= 11 is 0. The molecule has 0 aliphatic carbocycles. The molecule has 31 heavy (non-hydrogen) atoms. The Morgan fingerprint density at radius 3 is 2.52 bits per heavy atom. The van der Waals surface area contributed by atoms with Gasteiger partial charge in [0.15, 0.2) is 0 Å². The van der Waals surface area contributed by atoms with Gasteiger partial charge in [-0.2, -0.15) is 4.31 Å². The van der Waals surface area contributed by atoms with E-state index >= 15 is 0 Å². The summed E-state index contributed by atoms with van der Waals surface area (Å²) < 4.78 is 33.3. The average molecular weight is 444 g/mol. The number of rotatable bonds is 7. The summed E-state index contributed by atoms with van der Waals surface area (Å²) in [6.07, 6.45) is 4.49. The first-order valence-electron chi connectivity index (χ1n) is 10.7. The minimum absolute atomic E-state index is 0.0171. The summed E-state index contributed by atoms with van der Waals surface area (Å²) in [5, 5.41) is 2.93. The lowest BCUT2D eigenvalue weighted by atomic mass is 9.87. The van der Waals surface area contributed by atoms with E-state index in [1.165, 1.54) is 4.31 Å². The van der Waals surface area contributed by atoms with Crippen molar-refractivity contribution in [2.24, 2.45) is 5.92 Å². The first kappa shape index (κ1) is 21.9. The molecule has 1 aromatic carbocycles. The number of carbonyl (C=O) groups is 1.